The predicted octanol–water partition coefficient (Wildman–Crippen LogP) is 4.62. The summed E-state index contributed by atoms with van der Waals surface area (Å²) in [5, 5.41) is 3.85. The van der Waals surface area contributed by atoms with E-state index < -0.39 is 0 Å². The molecule has 0 radical (unpaired) electrons. The highest BCUT2D eigenvalue weighted by Gasteiger charge is 2.38. The van der Waals surface area contributed by atoms with Gasteiger partial charge in [0.05, 0.1) is 0 Å². The zero-order chi connectivity index (χ0) is 12.9. The summed E-state index contributed by atoms with van der Waals surface area (Å²) in [5.74, 6) is 1.68. The van der Waals surface area contributed by atoms with Crippen LogP contribution in [0.25, 0.3) is 0 Å². The molecule has 0 aromatic carbocycles. The van der Waals surface area contributed by atoms with Crippen molar-refractivity contribution in [3.63, 3.8) is 0 Å². The first-order valence-corrected chi connectivity index (χ1v) is 7.76. The summed E-state index contributed by atoms with van der Waals surface area (Å²) in [7, 11) is 0. The summed E-state index contributed by atoms with van der Waals surface area (Å²) in [6.07, 6.45) is 8.27. The molecule has 3 atom stereocenters. The third-order valence-electron chi connectivity index (χ3n) is 4.91. The summed E-state index contributed by atoms with van der Waals surface area (Å²) in [5.41, 5.74) is 0.535. The minimum absolute atomic E-state index is 0.535. The van der Waals surface area contributed by atoms with Crippen LogP contribution >= 0.6 is 0 Å². The molecule has 17 heavy (non-hydrogen) atoms. The van der Waals surface area contributed by atoms with Gasteiger partial charge in [-0.25, -0.2) is 0 Å². The molecule has 1 aliphatic carbocycles. The molecule has 102 valence electrons. The first kappa shape index (κ1) is 15.0. The lowest BCUT2D eigenvalue weighted by molar-refractivity contribution is 0.0755. The molecule has 1 heteroatoms. The lowest BCUT2D eigenvalue weighted by Crippen LogP contribution is -2.48. The van der Waals surface area contributed by atoms with E-state index in [9.17, 15) is 0 Å². The third kappa shape index (κ3) is 3.98. The molecule has 1 fully saturated rings. The van der Waals surface area contributed by atoms with Crippen molar-refractivity contribution in [2.24, 2.45) is 17.3 Å². The van der Waals surface area contributed by atoms with E-state index in [0.717, 1.165) is 17.9 Å². The fourth-order valence-electron chi connectivity index (χ4n) is 3.49. The monoisotopic (exact) mass is 239 g/mol. The number of hydrogen-bond acceptors (Lipinski definition) is 1. The second-order valence-electron chi connectivity index (χ2n) is 6.71. The van der Waals surface area contributed by atoms with Crippen molar-refractivity contribution in [2.45, 2.75) is 79.2 Å². The van der Waals surface area contributed by atoms with Gasteiger partial charge in [0.2, 0.25) is 0 Å². The largest absolute Gasteiger partial charge is 0.313 e. The van der Waals surface area contributed by atoms with Crippen molar-refractivity contribution in [3.8, 4) is 0 Å². The Balaban J connectivity index is 2.72. The number of hydrogen-bond donors (Lipinski definition) is 1. The summed E-state index contributed by atoms with van der Waals surface area (Å²) in [6.45, 7) is 13.2. The average Bonchev–Trinajstić information content (AvgIpc) is 2.30. The van der Waals surface area contributed by atoms with Crippen LogP contribution in [0.2, 0.25) is 0 Å². The first-order valence-electron chi connectivity index (χ1n) is 7.76. The highest BCUT2D eigenvalue weighted by atomic mass is 14.9. The molecule has 1 nitrogen and oxygen atoms in total. The second-order valence-corrected chi connectivity index (χ2v) is 6.71. The Hall–Kier alpha value is -0.0400. The van der Waals surface area contributed by atoms with E-state index in [1.165, 1.54) is 45.1 Å². The predicted molar refractivity (Wildman–Crippen MR) is 77.3 cm³/mol. The summed E-state index contributed by atoms with van der Waals surface area (Å²) in [6, 6.07) is 0.732. The molecule has 1 N–H and O–H groups in total. The molecule has 1 rings (SSSR count). The molecule has 0 amide bonds. The molecule has 0 aromatic rings. The van der Waals surface area contributed by atoms with Crippen LogP contribution in [-0.2, 0) is 0 Å². The maximum atomic E-state index is 3.85. The van der Waals surface area contributed by atoms with E-state index in [2.05, 4.69) is 39.9 Å². The summed E-state index contributed by atoms with van der Waals surface area (Å²) >= 11 is 0. The smallest absolute Gasteiger partial charge is 0.0126 e. The minimum atomic E-state index is 0.535. The van der Waals surface area contributed by atoms with Crippen LogP contribution in [-0.4, -0.2) is 12.6 Å². The molecule has 0 spiro atoms. The van der Waals surface area contributed by atoms with E-state index in [1.54, 1.807) is 0 Å². The highest BCUT2D eigenvalue weighted by molar-refractivity contribution is 4.92. The minimum Gasteiger partial charge on any atom is -0.313 e. The Kier molecular flexibility index (Phi) is 5.99. The fourth-order valence-corrected chi connectivity index (χ4v) is 3.49. The van der Waals surface area contributed by atoms with Gasteiger partial charge in [0.25, 0.3) is 0 Å². The molecular formula is C16H33N. The third-order valence-corrected chi connectivity index (χ3v) is 4.91. The van der Waals surface area contributed by atoms with Crippen LogP contribution in [0.1, 0.15) is 73.1 Å². The van der Waals surface area contributed by atoms with Gasteiger partial charge >= 0.3 is 0 Å². The van der Waals surface area contributed by atoms with Crippen molar-refractivity contribution in [1.82, 2.24) is 5.32 Å². The summed E-state index contributed by atoms with van der Waals surface area (Å²) < 4.78 is 0. The Morgan fingerprint density at radius 1 is 1.24 bits per heavy atom. The van der Waals surface area contributed by atoms with Gasteiger partial charge in [-0.1, -0.05) is 53.9 Å². The zero-order valence-corrected chi connectivity index (χ0v) is 12.7. The van der Waals surface area contributed by atoms with E-state index in [0.29, 0.717) is 5.41 Å². The van der Waals surface area contributed by atoms with E-state index >= 15 is 0 Å². The Bertz CT molecular complexity index is 210. The van der Waals surface area contributed by atoms with Gasteiger partial charge in [0.1, 0.15) is 0 Å². The van der Waals surface area contributed by atoms with Gasteiger partial charge in [-0.2, -0.15) is 0 Å². The molecular weight excluding hydrogens is 206 g/mol. The van der Waals surface area contributed by atoms with Crippen molar-refractivity contribution in [3.05, 3.63) is 0 Å². The van der Waals surface area contributed by atoms with Crippen LogP contribution in [0.4, 0.5) is 0 Å². The zero-order valence-electron chi connectivity index (χ0n) is 12.7. The molecule has 1 saturated carbocycles. The van der Waals surface area contributed by atoms with Gasteiger partial charge in [-0.05, 0) is 43.1 Å². The van der Waals surface area contributed by atoms with E-state index in [-0.39, 0.29) is 0 Å². The summed E-state index contributed by atoms with van der Waals surface area (Å²) in [4.78, 5) is 0. The Labute approximate surface area is 109 Å². The Morgan fingerprint density at radius 3 is 2.47 bits per heavy atom. The Morgan fingerprint density at radius 2 is 1.94 bits per heavy atom. The first-order chi connectivity index (χ1) is 8.03. The van der Waals surface area contributed by atoms with Gasteiger partial charge in [-0.3, -0.25) is 0 Å². The van der Waals surface area contributed by atoms with Crippen LogP contribution in [0.15, 0.2) is 0 Å². The molecule has 0 aromatic heterocycles. The standard InChI is InChI=1S/C16H33N/c1-6-12-17-15(13(3)7-2)14-10-8-9-11-16(14,4)5/h13-15,17H,6-12H2,1-5H3. The quantitative estimate of drug-likeness (QED) is 0.713. The highest BCUT2D eigenvalue weighted by Crippen LogP contribution is 2.44. The topological polar surface area (TPSA) is 12.0 Å². The van der Waals surface area contributed by atoms with Crippen molar-refractivity contribution >= 4 is 0 Å². The normalized spacial score (nSPS) is 27.7. The van der Waals surface area contributed by atoms with Gasteiger partial charge < -0.3 is 5.32 Å². The van der Waals surface area contributed by atoms with Gasteiger partial charge in [-0.15, -0.1) is 0 Å². The molecule has 0 bridgehead atoms. The molecule has 1 aliphatic rings. The molecule has 0 aliphatic heterocycles. The lowest BCUT2D eigenvalue weighted by Gasteiger charge is -2.45. The number of rotatable bonds is 6. The van der Waals surface area contributed by atoms with Crippen molar-refractivity contribution in [2.75, 3.05) is 6.54 Å². The molecule has 3 unspecified atom stereocenters. The van der Waals surface area contributed by atoms with E-state index in [4.69, 9.17) is 0 Å². The van der Waals surface area contributed by atoms with Crippen LogP contribution in [0.3, 0.4) is 0 Å². The van der Waals surface area contributed by atoms with Crippen LogP contribution in [0.5, 0.6) is 0 Å². The fraction of sp³-hybridized carbons (Fsp3) is 1.00. The van der Waals surface area contributed by atoms with E-state index in [1.807, 2.05) is 0 Å². The maximum Gasteiger partial charge on any atom is 0.0126 e. The van der Waals surface area contributed by atoms with Crippen molar-refractivity contribution in [1.29, 1.82) is 0 Å². The number of nitrogens with one attached hydrogen (secondary N) is 1. The molecule has 0 heterocycles. The van der Waals surface area contributed by atoms with Crippen LogP contribution < -0.4 is 5.32 Å². The van der Waals surface area contributed by atoms with Gasteiger partial charge in [0.15, 0.2) is 0 Å². The maximum absolute atomic E-state index is 3.85. The van der Waals surface area contributed by atoms with Gasteiger partial charge in [0, 0.05) is 6.04 Å². The lowest BCUT2D eigenvalue weighted by atomic mass is 9.63. The second kappa shape index (κ2) is 6.78. The van der Waals surface area contributed by atoms with Crippen molar-refractivity contribution < 1.29 is 0 Å². The van der Waals surface area contributed by atoms with Crippen LogP contribution in [0, 0.1) is 17.3 Å². The SMILES string of the molecule is CCCNC(C(C)CC)C1CCCCC1(C)C. The molecule has 0 saturated heterocycles. The average molecular weight is 239 g/mol.